The van der Waals surface area contributed by atoms with Crippen molar-refractivity contribution in [2.45, 2.75) is 0 Å². The standard InChI is InChI=1S/C9H8BrClN6/c1-6(10)4-13-8-14-7(11)15-9(16-8)17-3-2-12-5-17/h2-3,5H,1,4H2,(H,13,14,15,16). The summed E-state index contributed by atoms with van der Waals surface area (Å²) in [5.74, 6) is 0.791. The maximum atomic E-state index is 5.81. The molecule has 0 bridgehead atoms. The lowest BCUT2D eigenvalue weighted by atomic mass is 10.6. The van der Waals surface area contributed by atoms with E-state index in [1.807, 2.05) is 0 Å². The summed E-state index contributed by atoms with van der Waals surface area (Å²) in [7, 11) is 0. The van der Waals surface area contributed by atoms with Crippen molar-refractivity contribution in [2.24, 2.45) is 0 Å². The lowest BCUT2D eigenvalue weighted by molar-refractivity contribution is 0.894. The van der Waals surface area contributed by atoms with E-state index in [1.54, 1.807) is 23.3 Å². The van der Waals surface area contributed by atoms with Gasteiger partial charge in [-0.2, -0.15) is 15.0 Å². The van der Waals surface area contributed by atoms with Crippen LogP contribution in [0.1, 0.15) is 0 Å². The van der Waals surface area contributed by atoms with Crippen molar-refractivity contribution in [1.29, 1.82) is 0 Å². The SMILES string of the molecule is C=C(Br)CNc1nc(Cl)nc(-n2ccnc2)n1. The lowest BCUT2D eigenvalue weighted by Gasteiger charge is -2.05. The van der Waals surface area contributed by atoms with Gasteiger partial charge in [0.2, 0.25) is 17.2 Å². The molecule has 0 radical (unpaired) electrons. The molecule has 0 amide bonds. The van der Waals surface area contributed by atoms with Gasteiger partial charge in [0.15, 0.2) is 0 Å². The monoisotopic (exact) mass is 314 g/mol. The Bertz CT molecular complexity index is 526. The van der Waals surface area contributed by atoms with Crippen LogP contribution in [-0.2, 0) is 0 Å². The van der Waals surface area contributed by atoms with E-state index in [0.29, 0.717) is 18.4 Å². The van der Waals surface area contributed by atoms with Gasteiger partial charge in [0.25, 0.3) is 0 Å². The third-order valence-corrected chi connectivity index (χ3v) is 2.22. The van der Waals surface area contributed by atoms with Crippen LogP contribution in [0.3, 0.4) is 0 Å². The molecule has 2 heterocycles. The van der Waals surface area contributed by atoms with Gasteiger partial charge in [0.1, 0.15) is 6.33 Å². The van der Waals surface area contributed by atoms with Crippen LogP contribution in [0, 0.1) is 0 Å². The highest BCUT2D eigenvalue weighted by molar-refractivity contribution is 9.11. The van der Waals surface area contributed by atoms with Crippen LogP contribution in [-0.4, -0.2) is 31.0 Å². The molecule has 1 N–H and O–H groups in total. The largest absolute Gasteiger partial charge is 0.349 e. The molecular formula is C9H8BrClN6. The summed E-state index contributed by atoms with van der Waals surface area (Å²) in [6, 6.07) is 0. The van der Waals surface area contributed by atoms with Gasteiger partial charge < -0.3 is 5.32 Å². The van der Waals surface area contributed by atoms with E-state index in [9.17, 15) is 0 Å². The number of anilines is 1. The molecule has 0 saturated carbocycles. The minimum Gasteiger partial charge on any atom is -0.349 e. The van der Waals surface area contributed by atoms with E-state index in [-0.39, 0.29) is 5.28 Å². The fourth-order valence-corrected chi connectivity index (χ4v) is 1.38. The molecule has 0 aromatic carbocycles. The van der Waals surface area contributed by atoms with Crippen LogP contribution < -0.4 is 5.32 Å². The topological polar surface area (TPSA) is 68.5 Å². The van der Waals surface area contributed by atoms with Gasteiger partial charge in [-0.25, -0.2) is 4.98 Å². The average molecular weight is 316 g/mol. The highest BCUT2D eigenvalue weighted by Gasteiger charge is 2.06. The van der Waals surface area contributed by atoms with Crippen molar-refractivity contribution in [3.63, 3.8) is 0 Å². The van der Waals surface area contributed by atoms with Gasteiger partial charge in [0, 0.05) is 23.4 Å². The average Bonchev–Trinajstić information content (AvgIpc) is 2.79. The summed E-state index contributed by atoms with van der Waals surface area (Å²) < 4.78 is 2.43. The maximum absolute atomic E-state index is 5.81. The van der Waals surface area contributed by atoms with Gasteiger partial charge in [-0.15, -0.1) is 0 Å². The van der Waals surface area contributed by atoms with Crippen LogP contribution in [0.15, 0.2) is 29.8 Å². The summed E-state index contributed by atoms with van der Waals surface area (Å²) in [5.41, 5.74) is 0. The quantitative estimate of drug-likeness (QED) is 0.935. The van der Waals surface area contributed by atoms with E-state index in [0.717, 1.165) is 4.48 Å². The third kappa shape index (κ3) is 3.24. The highest BCUT2D eigenvalue weighted by atomic mass is 79.9. The minimum atomic E-state index is 0.117. The number of rotatable bonds is 4. The molecule has 6 nitrogen and oxygen atoms in total. The molecule has 0 spiro atoms. The molecule has 0 fully saturated rings. The zero-order valence-corrected chi connectivity index (χ0v) is 11.0. The Hall–Kier alpha value is -1.47. The Morgan fingerprint density at radius 1 is 1.47 bits per heavy atom. The lowest BCUT2D eigenvalue weighted by Crippen LogP contribution is -2.09. The van der Waals surface area contributed by atoms with Gasteiger partial charge in [0.05, 0.1) is 0 Å². The van der Waals surface area contributed by atoms with Crippen molar-refractivity contribution in [3.05, 3.63) is 35.1 Å². The number of nitrogens with zero attached hydrogens (tertiary/aromatic N) is 5. The van der Waals surface area contributed by atoms with Gasteiger partial charge in [-0.05, 0) is 11.6 Å². The number of nitrogens with one attached hydrogen (secondary N) is 1. The molecule has 2 aromatic heterocycles. The zero-order valence-electron chi connectivity index (χ0n) is 8.64. The second-order valence-corrected chi connectivity index (χ2v) is 4.53. The molecule has 0 aliphatic heterocycles. The Morgan fingerprint density at radius 3 is 2.94 bits per heavy atom. The normalized spacial score (nSPS) is 10.2. The second kappa shape index (κ2) is 5.24. The first-order valence-corrected chi connectivity index (χ1v) is 5.79. The van der Waals surface area contributed by atoms with E-state index < -0.39 is 0 Å². The van der Waals surface area contributed by atoms with Crippen molar-refractivity contribution < 1.29 is 0 Å². The molecular weight excluding hydrogens is 307 g/mol. The molecule has 0 aliphatic carbocycles. The van der Waals surface area contributed by atoms with Gasteiger partial charge in [-0.3, -0.25) is 4.57 Å². The predicted molar refractivity (Wildman–Crippen MR) is 68.5 cm³/mol. The van der Waals surface area contributed by atoms with E-state index >= 15 is 0 Å². The molecule has 0 aliphatic rings. The molecule has 8 heteroatoms. The smallest absolute Gasteiger partial charge is 0.241 e. The number of imidazole rings is 1. The molecule has 2 rings (SSSR count). The Morgan fingerprint density at radius 2 is 2.29 bits per heavy atom. The summed E-state index contributed by atoms with van der Waals surface area (Å²) in [4.78, 5) is 16.0. The highest BCUT2D eigenvalue weighted by Crippen LogP contribution is 2.10. The third-order valence-electron chi connectivity index (χ3n) is 1.77. The number of halogens is 2. The Kier molecular flexibility index (Phi) is 3.70. The second-order valence-electron chi connectivity index (χ2n) is 3.07. The summed E-state index contributed by atoms with van der Waals surface area (Å²) in [6.07, 6.45) is 4.93. The number of aromatic nitrogens is 5. The van der Waals surface area contributed by atoms with E-state index in [1.165, 1.54) is 0 Å². The first kappa shape index (κ1) is 12.0. The number of hydrogen-bond acceptors (Lipinski definition) is 5. The van der Waals surface area contributed by atoms with Gasteiger partial charge >= 0.3 is 0 Å². The van der Waals surface area contributed by atoms with Crippen molar-refractivity contribution in [3.8, 4) is 5.95 Å². The van der Waals surface area contributed by atoms with Crippen molar-refractivity contribution in [2.75, 3.05) is 11.9 Å². The minimum absolute atomic E-state index is 0.117. The summed E-state index contributed by atoms with van der Waals surface area (Å²) in [6.45, 7) is 4.20. The molecule has 0 saturated heterocycles. The van der Waals surface area contributed by atoms with Crippen LogP contribution in [0.4, 0.5) is 5.95 Å². The van der Waals surface area contributed by atoms with Crippen molar-refractivity contribution >= 4 is 33.5 Å². The fourth-order valence-electron chi connectivity index (χ4n) is 1.09. The number of hydrogen-bond donors (Lipinski definition) is 1. The van der Waals surface area contributed by atoms with Gasteiger partial charge in [-0.1, -0.05) is 22.5 Å². The molecule has 0 unspecified atom stereocenters. The van der Waals surface area contributed by atoms with Crippen molar-refractivity contribution in [1.82, 2.24) is 24.5 Å². The molecule has 2 aromatic rings. The van der Waals surface area contributed by atoms with E-state index in [4.69, 9.17) is 11.6 Å². The fraction of sp³-hybridized carbons (Fsp3) is 0.111. The first-order valence-electron chi connectivity index (χ1n) is 4.62. The Labute approximate surface area is 111 Å². The predicted octanol–water partition coefficient (Wildman–Crippen LogP) is 2.03. The van der Waals surface area contributed by atoms with Crippen LogP contribution >= 0.6 is 27.5 Å². The first-order chi connectivity index (χ1) is 8.15. The molecule has 0 atom stereocenters. The Balaban J connectivity index is 2.26. The summed E-state index contributed by atoms with van der Waals surface area (Å²) >= 11 is 9.04. The maximum Gasteiger partial charge on any atom is 0.241 e. The summed E-state index contributed by atoms with van der Waals surface area (Å²) in [5, 5.41) is 3.08. The van der Waals surface area contributed by atoms with Crippen LogP contribution in [0.25, 0.3) is 5.95 Å². The molecule has 17 heavy (non-hydrogen) atoms. The zero-order chi connectivity index (χ0) is 12.3. The van der Waals surface area contributed by atoms with E-state index in [2.05, 4.69) is 47.8 Å². The molecule has 88 valence electrons. The van der Waals surface area contributed by atoms with Crippen LogP contribution in [0.5, 0.6) is 0 Å². The van der Waals surface area contributed by atoms with Crippen LogP contribution in [0.2, 0.25) is 5.28 Å².